The van der Waals surface area contributed by atoms with Gasteiger partial charge in [0.15, 0.2) is 0 Å². The van der Waals surface area contributed by atoms with E-state index in [0.717, 1.165) is 28.5 Å². The summed E-state index contributed by atoms with van der Waals surface area (Å²) in [5.74, 6) is 0.836. The maximum Gasteiger partial charge on any atom is 0.0650 e. The van der Waals surface area contributed by atoms with Crippen LogP contribution in [-0.4, -0.2) is 25.2 Å². The van der Waals surface area contributed by atoms with Gasteiger partial charge < -0.3 is 10.2 Å². The second kappa shape index (κ2) is 6.89. The minimum Gasteiger partial charge on any atom is -0.365 e. The Balaban J connectivity index is 1.76. The Hall–Kier alpha value is -0.250. The fourth-order valence-corrected chi connectivity index (χ4v) is 4.57. The fourth-order valence-electron chi connectivity index (χ4n) is 3.79. The number of benzene rings is 1. The lowest BCUT2D eigenvalue weighted by atomic mass is 9.82. The number of nitrogens with zero attached hydrogens (tertiary/aromatic N) is 1. The summed E-state index contributed by atoms with van der Waals surface area (Å²) in [5.41, 5.74) is 1.18. The van der Waals surface area contributed by atoms with Crippen LogP contribution in [0.5, 0.6) is 0 Å². The second-order valence-electron chi connectivity index (χ2n) is 6.51. The first-order valence-electron chi connectivity index (χ1n) is 8.10. The Morgan fingerprint density at radius 1 is 1.24 bits per heavy atom. The van der Waals surface area contributed by atoms with Crippen LogP contribution < -0.4 is 10.2 Å². The first-order valence-corrected chi connectivity index (χ1v) is 9.27. The lowest BCUT2D eigenvalue weighted by Crippen LogP contribution is -2.58. The van der Waals surface area contributed by atoms with Gasteiger partial charge in [0, 0.05) is 29.6 Å². The van der Waals surface area contributed by atoms with Crippen LogP contribution in [0.4, 0.5) is 5.69 Å². The van der Waals surface area contributed by atoms with E-state index in [4.69, 9.17) is 11.6 Å². The van der Waals surface area contributed by atoms with E-state index in [0.29, 0.717) is 12.1 Å². The van der Waals surface area contributed by atoms with Gasteiger partial charge >= 0.3 is 0 Å². The highest BCUT2D eigenvalue weighted by Crippen LogP contribution is 2.34. The van der Waals surface area contributed by atoms with Crippen molar-refractivity contribution in [3.8, 4) is 0 Å². The molecule has 1 N–H and O–H groups in total. The molecule has 1 aromatic rings. The van der Waals surface area contributed by atoms with Crippen LogP contribution in [0.15, 0.2) is 22.7 Å². The van der Waals surface area contributed by atoms with Crippen LogP contribution in [0.3, 0.4) is 0 Å². The molecular weight excluding hydrogens is 348 g/mol. The van der Waals surface area contributed by atoms with Crippen LogP contribution in [0.1, 0.15) is 39.0 Å². The molecule has 1 saturated carbocycles. The third-order valence-corrected chi connectivity index (χ3v) is 5.83. The molecular formula is C17H24BrClN2. The van der Waals surface area contributed by atoms with Crippen LogP contribution in [-0.2, 0) is 0 Å². The molecule has 4 heteroatoms. The minimum atomic E-state index is 0.489. The van der Waals surface area contributed by atoms with Gasteiger partial charge in [-0.25, -0.2) is 0 Å². The Morgan fingerprint density at radius 3 is 2.71 bits per heavy atom. The molecule has 0 spiro atoms. The highest BCUT2D eigenvalue weighted by atomic mass is 79.9. The summed E-state index contributed by atoms with van der Waals surface area (Å²) in [5, 5.41) is 4.62. The van der Waals surface area contributed by atoms with Crippen molar-refractivity contribution >= 4 is 33.2 Å². The standard InChI is InChI=1S/C17H24BrClN2/c1-12-10-20-16(13-5-3-2-4-6-13)11-21(12)17-8-7-14(18)9-15(17)19/h7-9,12-13,16,20H,2-6,10-11H2,1H3. The molecule has 2 fully saturated rings. The van der Waals surface area contributed by atoms with Crippen molar-refractivity contribution in [3.05, 3.63) is 27.7 Å². The van der Waals surface area contributed by atoms with E-state index in [1.54, 1.807) is 0 Å². The zero-order valence-electron chi connectivity index (χ0n) is 12.6. The van der Waals surface area contributed by atoms with Gasteiger partial charge in [0.25, 0.3) is 0 Å². The molecule has 21 heavy (non-hydrogen) atoms. The fraction of sp³-hybridized carbons (Fsp3) is 0.647. The third-order valence-electron chi connectivity index (χ3n) is 5.04. The lowest BCUT2D eigenvalue weighted by molar-refractivity contribution is 0.245. The van der Waals surface area contributed by atoms with E-state index in [9.17, 15) is 0 Å². The molecule has 0 bridgehead atoms. The summed E-state index contributed by atoms with van der Waals surface area (Å²) in [4.78, 5) is 2.49. The number of nitrogens with one attached hydrogen (secondary N) is 1. The zero-order valence-corrected chi connectivity index (χ0v) is 15.0. The van der Waals surface area contributed by atoms with Crippen molar-refractivity contribution in [1.29, 1.82) is 0 Å². The maximum atomic E-state index is 6.47. The van der Waals surface area contributed by atoms with E-state index in [2.05, 4.69) is 45.2 Å². The highest BCUT2D eigenvalue weighted by Gasteiger charge is 2.31. The number of piperazine rings is 1. The van der Waals surface area contributed by atoms with Crippen LogP contribution in [0, 0.1) is 5.92 Å². The van der Waals surface area contributed by atoms with Gasteiger partial charge in [-0.05, 0) is 43.9 Å². The maximum absolute atomic E-state index is 6.47. The topological polar surface area (TPSA) is 15.3 Å². The second-order valence-corrected chi connectivity index (χ2v) is 7.83. The minimum absolute atomic E-state index is 0.489. The van der Waals surface area contributed by atoms with Crippen molar-refractivity contribution in [3.63, 3.8) is 0 Å². The van der Waals surface area contributed by atoms with E-state index in [-0.39, 0.29) is 0 Å². The molecule has 2 unspecified atom stereocenters. The molecule has 1 aliphatic carbocycles. The summed E-state index contributed by atoms with van der Waals surface area (Å²) < 4.78 is 1.04. The van der Waals surface area contributed by atoms with E-state index in [1.807, 2.05) is 6.07 Å². The summed E-state index contributed by atoms with van der Waals surface area (Å²) in [6, 6.07) is 7.34. The first-order chi connectivity index (χ1) is 10.1. The summed E-state index contributed by atoms with van der Waals surface area (Å²) in [7, 11) is 0. The zero-order chi connectivity index (χ0) is 14.8. The Kier molecular flexibility index (Phi) is 5.13. The number of hydrogen-bond donors (Lipinski definition) is 1. The first kappa shape index (κ1) is 15.6. The van der Waals surface area contributed by atoms with Gasteiger partial charge in [0.1, 0.15) is 0 Å². The van der Waals surface area contributed by atoms with Crippen molar-refractivity contribution in [2.24, 2.45) is 5.92 Å². The average molecular weight is 372 g/mol. The van der Waals surface area contributed by atoms with E-state index in [1.165, 1.54) is 37.8 Å². The van der Waals surface area contributed by atoms with Crippen LogP contribution >= 0.6 is 27.5 Å². The number of halogens is 2. The molecule has 2 atom stereocenters. The highest BCUT2D eigenvalue weighted by molar-refractivity contribution is 9.10. The smallest absolute Gasteiger partial charge is 0.0650 e. The third kappa shape index (κ3) is 3.57. The number of hydrogen-bond acceptors (Lipinski definition) is 2. The monoisotopic (exact) mass is 370 g/mol. The predicted octanol–water partition coefficient (Wildman–Crippen LogP) is 4.85. The van der Waals surface area contributed by atoms with Crippen LogP contribution in [0.2, 0.25) is 5.02 Å². The quantitative estimate of drug-likeness (QED) is 0.799. The Bertz CT molecular complexity index is 488. The molecule has 1 saturated heterocycles. The predicted molar refractivity (Wildman–Crippen MR) is 94.3 cm³/mol. The molecule has 0 aromatic heterocycles. The van der Waals surface area contributed by atoms with Crippen molar-refractivity contribution < 1.29 is 0 Å². The molecule has 3 rings (SSSR count). The molecule has 2 aliphatic rings. The van der Waals surface area contributed by atoms with E-state index < -0.39 is 0 Å². The van der Waals surface area contributed by atoms with Gasteiger partial charge in [0.2, 0.25) is 0 Å². The summed E-state index contributed by atoms with van der Waals surface area (Å²) >= 11 is 9.96. The SMILES string of the molecule is CC1CNC(C2CCCCC2)CN1c1ccc(Br)cc1Cl. The molecule has 0 radical (unpaired) electrons. The molecule has 1 aromatic carbocycles. The Labute approximate surface area is 141 Å². The lowest BCUT2D eigenvalue weighted by Gasteiger charge is -2.44. The van der Waals surface area contributed by atoms with Gasteiger partial charge in [-0.1, -0.05) is 46.8 Å². The van der Waals surface area contributed by atoms with Gasteiger partial charge in [-0.2, -0.15) is 0 Å². The Morgan fingerprint density at radius 2 is 2.00 bits per heavy atom. The van der Waals surface area contributed by atoms with Gasteiger partial charge in [-0.15, -0.1) is 0 Å². The normalized spacial score (nSPS) is 27.9. The summed E-state index contributed by atoms with van der Waals surface area (Å²) in [6.45, 7) is 4.41. The molecule has 0 amide bonds. The molecule has 2 nitrogen and oxygen atoms in total. The molecule has 116 valence electrons. The van der Waals surface area contributed by atoms with E-state index >= 15 is 0 Å². The van der Waals surface area contributed by atoms with Crippen molar-refractivity contribution in [2.45, 2.75) is 51.1 Å². The van der Waals surface area contributed by atoms with Crippen molar-refractivity contribution in [1.82, 2.24) is 5.32 Å². The number of anilines is 1. The summed E-state index contributed by atoms with van der Waals surface area (Å²) in [6.07, 6.45) is 6.98. The molecule has 1 heterocycles. The number of rotatable bonds is 2. The largest absolute Gasteiger partial charge is 0.365 e. The van der Waals surface area contributed by atoms with Gasteiger partial charge in [-0.3, -0.25) is 0 Å². The molecule has 1 aliphatic heterocycles. The van der Waals surface area contributed by atoms with Gasteiger partial charge in [0.05, 0.1) is 10.7 Å². The average Bonchev–Trinajstić information content (AvgIpc) is 2.49. The van der Waals surface area contributed by atoms with Crippen LogP contribution in [0.25, 0.3) is 0 Å². The van der Waals surface area contributed by atoms with Crippen molar-refractivity contribution in [2.75, 3.05) is 18.0 Å².